The Morgan fingerprint density at radius 3 is 2.53 bits per heavy atom. The molecule has 1 atom stereocenters. The van der Waals surface area contributed by atoms with Crippen LogP contribution in [0.15, 0.2) is 24.3 Å². The summed E-state index contributed by atoms with van der Waals surface area (Å²) in [5, 5.41) is 9.78. The molecule has 0 radical (unpaired) electrons. The minimum Gasteiger partial charge on any atom is -0.481 e. The van der Waals surface area contributed by atoms with E-state index in [-0.39, 0.29) is 0 Å². The average Bonchev–Trinajstić information content (AvgIpc) is 2.30. The van der Waals surface area contributed by atoms with Crippen LogP contribution < -0.4 is 0 Å². The second-order valence-corrected chi connectivity index (χ2v) is 4.28. The van der Waals surface area contributed by atoms with E-state index in [4.69, 9.17) is 21.4 Å². The first-order valence-corrected chi connectivity index (χ1v) is 6.09. The number of aliphatic carboxylic acids is 1. The van der Waals surface area contributed by atoms with E-state index >= 15 is 0 Å². The van der Waals surface area contributed by atoms with Gasteiger partial charge in [-0.3, -0.25) is 4.79 Å². The van der Waals surface area contributed by atoms with E-state index in [0.29, 0.717) is 24.7 Å². The monoisotopic (exact) mass is 256 g/mol. The maximum Gasteiger partial charge on any atom is 0.311 e. The fourth-order valence-electron chi connectivity index (χ4n) is 1.58. The van der Waals surface area contributed by atoms with Gasteiger partial charge in [0.15, 0.2) is 0 Å². The molecule has 0 bridgehead atoms. The van der Waals surface area contributed by atoms with Crippen LogP contribution in [0, 0.1) is 0 Å². The van der Waals surface area contributed by atoms with Gasteiger partial charge in [0.25, 0.3) is 0 Å². The van der Waals surface area contributed by atoms with Crippen LogP contribution in [-0.4, -0.2) is 24.3 Å². The first-order valence-electron chi connectivity index (χ1n) is 5.71. The molecule has 0 aliphatic rings. The molecule has 0 aliphatic carbocycles. The number of hydrogen-bond donors (Lipinski definition) is 1. The molecular weight excluding hydrogens is 240 g/mol. The molecule has 17 heavy (non-hydrogen) atoms. The van der Waals surface area contributed by atoms with E-state index in [1.54, 1.807) is 24.3 Å². The van der Waals surface area contributed by atoms with Crippen molar-refractivity contribution in [3.05, 3.63) is 34.9 Å². The quantitative estimate of drug-likeness (QED) is 0.761. The van der Waals surface area contributed by atoms with Crippen LogP contribution in [-0.2, 0) is 9.53 Å². The molecule has 0 saturated carbocycles. The smallest absolute Gasteiger partial charge is 0.311 e. The number of halogens is 1. The normalized spacial score (nSPS) is 12.4. The van der Waals surface area contributed by atoms with Gasteiger partial charge in [0.05, 0.1) is 5.92 Å². The summed E-state index contributed by atoms with van der Waals surface area (Å²) in [5.41, 5.74) is 0.766. The third-order valence-electron chi connectivity index (χ3n) is 2.47. The van der Waals surface area contributed by atoms with E-state index < -0.39 is 11.9 Å². The topological polar surface area (TPSA) is 46.5 Å². The van der Waals surface area contributed by atoms with E-state index in [9.17, 15) is 4.79 Å². The lowest BCUT2D eigenvalue weighted by molar-refractivity contribution is -0.139. The Morgan fingerprint density at radius 1 is 1.35 bits per heavy atom. The highest BCUT2D eigenvalue weighted by Crippen LogP contribution is 2.22. The van der Waals surface area contributed by atoms with Crippen molar-refractivity contribution in [1.82, 2.24) is 0 Å². The van der Waals surface area contributed by atoms with Gasteiger partial charge in [0.2, 0.25) is 0 Å². The summed E-state index contributed by atoms with van der Waals surface area (Å²) in [6, 6.07) is 6.92. The summed E-state index contributed by atoms with van der Waals surface area (Å²) in [6.45, 7) is 3.16. The number of rotatable bonds is 7. The average molecular weight is 257 g/mol. The highest BCUT2D eigenvalue weighted by Gasteiger charge is 2.19. The standard InChI is InChI=1S/C13H17ClO3/c1-2-8-17-9-7-12(13(15)16)10-3-5-11(14)6-4-10/h3-6,12H,2,7-9H2,1H3,(H,15,16). The molecule has 0 heterocycles. The Kier molecular flexibility index (Phi) is 6.01. The van der Waals surface area contributed by atoms with Gasteiger partial charge in [-0.15, -0.1) is 0 Å². The number of carbonyl (C=O) groups is 1. The molecule has 0 aromatic heterocycles. The Hall–Kier alpha value is -1.06. The van der Waals surface area contributed by atoms with Crippen molar-refractivity contribution in [3.63, 3.8) is 0 Å². The fourth-order valence-corrected chi connectivity index (χ4v) is 1.70. The van der Waals surface area contributed by atoms with Gasteiger partial charge in [-0.05, 0) is 30.5 Å². The van der Waals surface area contributed by atoms with E-state index in [1.807, 2.05) is 6.92 Å². The van der Waals surface area contributed by atoms with Crippen LogP contribution in [0.2, 0.25) is 5.02 Å². The van der Waals surface area contributed by atoms with Crippen molar-refractivity contribution in [2.75, 3.05) is 13.2 Å². The van der Waals surface area contributed by atoms with E-state index in [0.717, 1.165) is 12.0 Å². The predicted octanol–water partition coefficient (Wildman–Crippen LogP) is 3.32. The van der Waals surface area contributed by atoms with Gasteiger partial charge >= 0.3 is 5.97 Å². The van der Waals surface area contributed by atoms with E-state index in [2.05, 4.69) is 0 Å². The summed E-state index contributed by atoms with van der Waals surface area (Å²) < 4.78 is 5.32. The zero-order valence-electron chi connectivity index (χ0n) is 9.86. The van der Waals surface area contributed by atoms with Crippen LogP contribution in [0.5, 0.6) is 0 Å². The third kappa shape index (κ3) is 4.75. The van der Waals surface area contributed by atoms with Crippen LogP contribution in [0.4, 0.5) is 0 Å². The molecule has 4 heteroatoms. The molecule has 1 unspecified atom stereocenters. The van der Waals surface area contributed by atoms with E-state index in [1.165, 1.54) is 0 Å². The summed E-state index contributed by atoms with van der Waals surface area (Å²) in [5.74, 6) is -1.35. The van der Waals surface area contributed by atoms with Crippen molar-refractivity contribution < 1.29 is 14.6 Å². The number of ether oxygens (including phenoxy) is 1. The summed E-state index contributed by atoms with van der Waals surface area (Å²) in [7, 11) is 0. The van der Waals surface area contributed by atoms with Crippen LogP contribution in [0.3, 0.4) is 0 Å². The number of carboxylic acid groups (broad SMARTS) is 1. The van der Waals surface area contributed by atoms with Crippen molar-refractivity contribution in [3.8, 4) is 0 Å². The third-order valence-corrected chi connectivity index (χ3v) is 2.72. The highest BCUT2D eigenvalue weighted by atomic mass is 35.5. The minimum atomic E-state index is -0.826. The molecule has 0 aliphatic heterocycles. The lowest BCUT2D eigenvalue weighted by atomic mass is 9.96. The van der Waals surface area contributed by atoms with Gasteiger partial charge in [-0.25, -0.2) is 0 Å². The lowest BCUT2D eigenvalue weighted by Gasteiger charge is -2.12. The molecule has 1 aromatic carbocycles. The zero-order chi connectivity index (χ0) is 12.7. The van der Waals surface area contributed by atoms with Crippen molar-refractivity contribution >= 4 is 17.6 Å². The Morgan fingerprint density at radius 2 is 2.00 bits per heavy atom. The maximum absolute atomic E-state index is 11.2. The lowest BCUT2D eigenvalue weighted by Crippen LogP contribution is -2.14. The van der Waals surface area contributed by atoms with Crippen LogP contribution in [0.25, 0.3) is 0 Å². The molecule has 0 saturated heterocycles. The second kappa shape index (κ2) is 7.30. The summed E-state index contributed by atoms with van der Waals surface area (Å²) in [4.78, 5) is 11.2. The predicted molar refractivity (Wildman–Crippen MR) is 67.6 cm³/mol. The summed E-state index contributed by atoms with van der Waals surface area (Å²) in [6.07, 6.45) is 1.43. The van der Waals surface area contributed by atoms with Gasteiger partial charge in [-0.2, -0.15) is 0 Å². The van der Waals surface area contributed by atoms with Crippen LogP contribution in [0.1, 0.15) is 31.2 Å². The minimum absolute atomic E-state index is 0.466. The van der Waals surface area contributed by atoms with Crippen LogP contribution >= 0.6 is 11.6 Å². The van der Waals surface area contributed by atoms with Crippen molar-refractivity contribution in [2.45, 2.75) is 25.7 Å². The number of benzene rings is 1. The highest BCUT2D eigenvalue weighted by molar-refractivity contribution is 6.30. The molecule has 0 fully saturated rings. The SMILES string of the molecule is CCCOCCC(C(=O)O)c1ccc(Cl)cc1. The van der Waals surface area contributed by atoms with Crippen molar-refractivity contribution in [2.24, 2.45) is 0 Å². The molecule has 0 spiro atoms. The second-order valence-electron chi connectivity index (χ2n) is 3.84. The molecular formula is C13H17ClO3. The van der Waals surface area contributed by atoms with Gasteiger partial charge < -0.3 is 9.84 Å². The first kappa shape index (κ1) is 14.0. The molecule has 1 rings (SSSR count). The molecule has 1 aromatic rings. The first-order chi connectivity index (χ1) is 8.15. The number of hydrogen-bond acceptors (Lipinski definition) is 2. The van der Waals surface area contributed by atoms with Gasteiger partial charge in [-0.1, -0.05) is 30.7 Å². The molecule has 94 valence electrons. The maximum atomic E-state index is 11.2. The van der Waals surface area contributed by atoms with Crippen molar-refractivity contribution in [1.29, 1.82) is 0 Å². The largest absolute Gasteiger partial charge is 0.481 e. The fraction of sp³-hybridized carbons (Fsp3) is 0.462. The Labute approximate surface area is 106 Å². The molecule has 0 amide bonds. The molecule has 1 N–H and O–H groups in total. The number of carboxylic acids is 1. The Bertz CT molecular complexity index is 348. The molecule has 3 nitrogen and oxygen atoms in total. The van der Waals surface area contributed by atoms with Gasteiger partial charge in [0.1, 0.15) is 0 Å². The van der Waals surface area contributed by atoms with Gasteiger partial charge in [0, 0.05) is 18.2 Å². The zero-order valence-corrected chi connectivity index (χ0v) is 10.6. The summed E-state index contributed by atoms with van der Waals surface area (Å²) >= 11 is 5.77. The Balaban J connectivity index is 2.59.